The Morgan fingerprint density at radius 1 is 1.19 bits per heavy atom. The van der Waals surface area contributed by atoms with Crippen LogP contribution in [0.1, 0.15) is 34.8 Å². The van der Waals surface area contributed by atoms with Crippen LogP contribution in [0.3, 0.4) is 0 Å². The van der Waals surface area contributed by atoms with E-state index in [0.29, 0.717) is 22.6 Å². The Balaban J connectivity index is 1.81. The highest BCUT2D eigenvalue weighted by Crippen LogP contribution is 2.39. The van der Waals surface area contributed by atoms with Crippen molar-refractivity contribution >= 4 is 16.9 Å². The second kappa shape index (κ2) is 4.41. The molecule has 5 heteroatoms. The Kier molecular flexibility index (Phi) is 2.54. The average Bonchev–Trinajstić information content (AvgIpc) is 3.23. The van der Waals surface area contributed by atoms with E-state index in [1.807, 2.05) is 18.3 Å². The predicted molar refractivity (Wildman–Crippen MR) is 77.8 cm³/mol. The highest BCUT2D eigenvalue weighted by molar-refractivity contribution is 6.02. The Morgan fingerprint density at radius 2 is 2.05 bits per heavy atom. The number of carboxylic acids is 1. The normalized spacial score (nSPS) is 14.5. The van der Waals surface area contributed by atoms with Crippen molar-refractivity contribution in [3.05, 3.63) is 53.9 Å². The summed E-state index contributed by atoms with van der Waals surface area (Å²) in [5, 5.41) is 14.4. The number of carbonyl (C=O) groups is 1. The zero-order chi connectivity index (χ0) is 14.4. The molecule has 0 spiro atoms. The summed E-state index contributed by atoms with van der Waals surface area (Å²) in [6, 6.07) is 10.7. The topological polar surface area (TPSA) is 68.0 Å². The summed E-state index contributed by atoms with van der Waals surface area (Å²) in [6.45, 7) is 0. The lowest BCUT2D eigenvalue weighted by molar-refractivity contribution is 0.0699. The molecule has 1 aliphatic rings. The fourth-order valence-electron chi connectivity index (χ4n) is 2.52. The lowest BCUT2D eigenvalue weighted by atomic mass is 10.1. The van der Waals surface area contributed by atoms with Crippen molar-refractivity contribution in [2.45, 2.75) is 18.8 Å². The van der Waals surface area contributed by atoms with E-state index in [1.165, 1.54) is 12.8 Å². The molecule has 104 valence electrons. The van der Waals surface area contributed by atoms with Crippen LogP contribution in [0.2, 0.25) is 0 Å². The Bertz CT molecular complexity index is 850. The van der Waals surface area contributed by atoms with Crippen molar-refractivity contribution in [3.8, 4) is 5.82 Å². The van der Waals surface area contributed by atoms with Crippen molar-refractivity contribution in [1.82, 2.24) is 14.8 Å². The number of pyridine rings is 1. The number of aromatic carboxylic acids is 1. The van der Waals surface area contributed by atoms with Gasteiger partial charge >= 0.3 is 5.97 Å². The van der Waals surface area contributed by atoms with Crippen LogP contribution in [0.5, 0.6) is 0 Å². The number of fused-ring (bicyclic) bond motifs is 1. The van der Waals surface area contributed by atoms with Crippen molar-refractivity contribution in [2.24, 2.45) is 0 Å². The smallest absolute Gasteiger partial charge is 0.336 e. The van der Waals surface area contributed by atoms with Crippen LogP contribution in [-0.4, -0.2) is 25.8 Å². The van der Waals surface area contributed by atoms with Crippen LogP contribution in [0.4, 0.5) is 0 Å². The Morgan fingerprint density at radius 3 is 2.81 bits per heavy atom. The fourth-order valence-corrected chi connectivity index (χ4v) is 2.52. The number of rotatable bonds is 3. The summed E-state index contributed by atoms with van der Waals surface area (Å²) in [5.74, 6) is 0.368. The first-order chi connectivity index (χ1) is 10.2. The third-order valence-corrected chi connectivity index (χ3v) is 3.79. The average molecular weight is 279 g/mol. The standard InChI is InChI=1S/C16H13N3O2/c20-16(21)12-2-1-3-14-11(12)6-7-15(17-14)19-9-8-13(18-19)10-4-5-10/h1-3,6-10H,4-5H2,(H,20,21). The van der Waals surface area contributed by atoms with Gasteiger partial charge in [-0.3, -0.25) is 0 Å². The maximum absolute atomic E-state index is 11.2. The summed E-state index contributed by atoms with van der Waals surface area (Å²) in [4.78, 5) is 15.7. The molecule has 0 saturated heterocycles. The van der Waals surface area contributed by atoms with Crippen molar-refractivity contribution in [3.63, 3.8) is 0 Å². The van der Waals surface area contributed by atoms with Gasteiger partial charge in [-0.25, -0.2) is 14.5 Å². The second-order valence-electron chi connectivity index (χ2n) is 5.31. The van der Waals surface area contributed by atoms with Crippen LogP contribution in [0.25, 0.3) is 16.7 Å². The molecule has 3 aromatic rings. The van der Waals surface area contributed by atoms with E-state index < -0.39 is 5.97 Å². The SMILES string of the molecule is O=C(O)c1cccc2nc(-n3ccc(C4CC4)n3)ccc12. The first kappa shape index (κ1) is 12.1. The van der Waals surface area contributed by atoms with Gasteiger partial charge in [0.25, 0.3) is 0 Å². The van der Waals surface area contributed by atoms with E-state index >= 15 is 0 Å². The van der Waals surface area contributed by atoms with Gasteiger partial charge in [0.1, 0.15) is 0 Å². The largest absolute Gasteiger partial charge is 0.478 e. The second-order valence-corrected chi connectivity index (χ2v) is 5.31. The molecule has 2 aromatic heterocycles. The van der Waals surface area contributed by atoms with Crippen molar-refractivity contribution < 1.29 is 9.90 Å². The monoisotopic (exact) mass is 279 g/mol. The summed E-state index contributed by atoms with van der Waals surface area (Å²) < 4.78 is 1.75. The molecule has 4 rings (SSSR count). The van der Waals surface area contributed by atoms with Crippen LogP contribution < -0.4 is 0 Å². The molecular formula is C16H13N3O2. The van der Waals surface area contributed by atoms with E-state index in [0.717, 1.165) is 5.69 Å². The first-order valence-corrected chi connectivity index (χ1v) is 6.91. The molecule has 0 amide bonds. The highest BCUT2D eigenvalue weighted by Gasteiger charge is 2.26. The third-order valence-electron chi connectivity index (χ3n) is 3.79. The van der Waals surface area contributed by atoms with Gasteiger partial charge < -0.3 is 5.11 Å². The van der Waals surface area contributed by atoms with Crippen molar-refractivity contribution in [2.75, 3.05) is 0 Å². The van der Waals surface area contributed by atoms with E-state index in [4.69, 9.17) is 0 Å². The number of carboxylic acid groups (broad SMARTS) is 1. The summed E-state index contributed by atoms with van der Waals surface area (Å²) >= 11 is 0. The minimum atomic E-state index is -0.940. The molecule has 1 N–H and O–H groups in total. The fraction of sp³-hybridized carbons (Fsp3) is 0.188. The van der Waals surface area contributed by atoms with E-state index in [-0.39, 0.29) is 5.56 Å². The minimum Gasteiger partial charge on any atom is -0.478 e. The van der Waals surface area contributed by atoms with Crippen LogP contribution >= 0.6 is 0 Å². The molecule has 1 saturated carbocycles. The summed E-state index contributed by atoms with van der Waals surface area (Å²) in [5.41, 5.74) is 2.04. The van der Waals surface area contributed by atoms with Gasteiger partial charge in [-0.15, -0.1) is 0 Å². The van der Waals surface area contributed by atoms with Gasteiger partial charge in [0.2, 0.25) is 0 Å². The van der Waals surface area contributed by atoms with Gasteiger partial charge in [-0.1, -0.05) is 6.07 Å². The molecule has 0 bridgehead atoms. The van der Waals surface area contributed by atoms with Gasteiger partial charge in [0, 0.05) is 17.5 Å². The van der Waals surface area contributed by atoms with E-state index in [1.54, 1.807) is 28.9 Å². The molecule has 0 radical (unpaired) electrons. The van der Waals surface area contributed by atoms with Gasteiger partial charge in [-0.05, 0) is 43.2 Å². The minimum absolute atomic E-state index is 0.269. The molecule has 5 nitrogen and oxygen atoms in total. The lowest BCUT2D eigenvalue weighted by Gasteiger charge is -2.05. The van der Waals surface area contributed by atoms with Gasteiger partial charge in [-0.2, -0.15) is 5.10 Å². The molecule has 21 heavy (non-hydrogen) atoms. The molecular weight excluding hydrogens is 266 g/mol. The summed E-state index contributed by atoms with van der Waals surface area (Å²) in [6.07, 6.45) is 4.33. The van der Waals surface area contributed by atoms with E-state index in [9.17, 15) is 9.90 Å². The molecule has 1 fully saturated rings. The first-order valence-electron chi connectivity index (χ1n) is 6.91. The highest BCUT2D eigenvalue weighted by atomic mass is 16.4. The van der Waals surface area contributed by atoms with Crippen LogP contribution in [0.15, 0.2) is 42.6 Å². The van der Waals surface area contributed by atoms with E-state index in [2.05, 4.69) is 10.1 Å². The quantitative estimate of drug-likeness (QED) is 0.800. The number of hydrogen-bond acceptors (Lipinski definition) is 3. The molecule has 1 aromatic carbocycles. The number of benzene rings is 1. The summed E-state index contributed by atoms with van der Waals surface area (Å²) in [7, 11) is 0. The van der Waals surface area contributed by atoms with Crippen LogP contribution in [0, 0.1) is 0 Å². The van der Waals surface area contributed by atoms with Gasteiger partial charge in [0.15, 0.2) is 5.82 Å². The van der Waals surface area contributed by atoms with Crippen molar-refractivity contribution in [1.29, 1.82) is 0 Å². The number of aromatic nitrogens is 3. The van der Waals surface area contributed by atoms with Gasteiger partial charge in [0.05, 0.1) is 16.8 Å². The molecule has 0 unspecified atom stereocenters. The maximum atomic E-state index is 11.2. The third kappa shape index (κ3) is 2.07. The molecule has 1 aliphatic carbocycles. The zero-order valence-electron chi connectivity index (χ0n) is 11.2. The predicted octanol–water partition coefficient (Wildman–Crippen LogP) is 3.00. The molecule has 0 aliphatic heterocycles. The number of nitrogens with zero attached hydrogens (tertiary/aromatic N) is 3. The maximum Gasteiger partial charge on any atom is 0.336 e. The number of hydrogen-bond donors (Lipinski definition) is 1. The Labute approximate surface area is 120 Å². The van der Waals surface area contributed by atoms with Crippen LogP contribution in [-0.2, 0) is 0 Å². The Hall–Kier alpha value is -2.69. The zero-order valence-corrected chi connectivity index (χ0v) is 11.2. The molecule has 2 heterocycles. The molecule has 0 atom stereocenters. The lowest BCUT2D eigenvalue weighted by Crippen LogP contribution is -2.02.